The SMILES string of the molecule is CCN1C(=O)N[C@H]2CS[C@@H](NCCCC(O)ON3C(=O)CCC3=O)C21. The number of fused-ring (bicyclic) bond motifs is 1. The molecule has 0 saturated carbocycles. The molecular weight excluding hydrogens is 348 g/mol. The predicted molar refractivity (Wildman–Crippen MR) is 90.1 cm³/mol. The van der Waals surface area contributed by atoms with Crippen molar-refractivity contribution in [2.24, 2.45) is 0 Å². The number of hydrogen-bond donors (Lipinski definition) is 3. The molecule has 0 aromatic heterocycles. The zero-order valence-electron chi connectivity index (χ0n) is 14.1. The first kappa shape index (κ1) is 18.4. The summed E-state index contributed by atoms with van der Waals surface area (Å²) in [4.78, 5) is 41.6. The Morgan fingerprint density at radius 1 is 1.36 bits per heavy atom. The highest BCUT2D eigenvalue weighted by Crippen LogP contribution is 2.33. The predicted octanol–water partition coefficient (Wildman–Crippen LogP) is -0.390. The summed E-state index contributed by atoms with van der Waals surface area (Å²) in [7, 11) is 0. The Kier molecular flexibility index (Phi) is 5.82. The molecule has 2 unspecified atom stereocenters. The van der Waals surface area contributed by atoms with Gasteiger partial charge in [-0.3, -0.25) is 9.59 Å². The molecule has 3 saturated heterocycles. The molecule has 0 aromatic rings. The molecule has 3 aliphatic heterocycles. The number of aliphatic hydroxyl groups is 1. The summed E-state index contributed by atoms with van der Waals surface area (Å²) in [6, 6.07) is 0.313. The Balaban J connectivity index is 1.38. The Bertz CT molecular complexity index is 532. The Morgan fingerprint density at radius 3 is 2.76 bits per heavy atom. The second-order valence-electron chi connectivity index (χ2n) is 6.32. The van der Waals surface area contributed by atoms with Gasteiger partial charge in [0.2, 0.25) is 0 Å². The van der Waals surface area contributed by atoms with E-state index in [4.69, 9.17) is 4.84 Å². The molecule has 3 N–H and O–H groups in total. The Labute approximate surface area is 150 Å². The van der Waals surface area contributed by atoms with Gasteiger partial charge >= 0.3 is 6.03 Å². The lowest BCUT2D eigenvalue weighted by Gasteiger charge is -2.27. The summed E-state index contributed by atoms with van der Waals surface area (Å²) in [5, 5.41) is 17.1. The number of carbonyl (C=O) groups is 3. The van der Waals surface area contributed by atoms with Crippen molar-refractivity contribution in [3.8, 4) is 0 Å². The number of nitrogens with zero attached hydrogens (tertiary/aromatic N) is 2. The molecule has 0 radical (unpaired) electrons. The fourth-order valence-corrected chi connectivity index (χ4v) is 4.87. The summed E-state index contributed by atoms with van der Waals surface area (Å²) >= 11 is 1.78. The van der Waals surface area contributed by atoms with Crippen molar-refractivity contribution in [3.63, 3.8) is 0 Å². The van der Waals surface area contributed by atoms with Crippen LogP contribution in [0.1, 0.15) is 32.6 Å². The maximum absolute atomic E-state index is 11.9. The van der Waals surface area contributed by atoms with Crippen LogP contribution in [0.25, 0.3) is 0 Å². The summed E-state index contributed by atoms with van der Waals surface area (Å²) in [5.74, 6) is 0.0671. The number of hydroxylamine groups is 2. The summed E-state index contributed by atoms with van der Waals surface area (Å²) in [6.07, 6.45) is 0.0206. The minimum atomic E-state index is -1.18. The van der Waals surface area contributed by atoms with E-state index in [0.29, 0.717) is 31.0 Å². The first-order valence-corrected chi connectivity index (χ1v) is 9.69. The van der Waals surface area contributed by atoms with Crippen LogP contribution in [0.15, 0.2) is 0 Å². The summed E-state index contributed by atoms with van der Waals surface area (Å²) in [6.45, 7) is 3.29. The zero-order valence-corrected chi connectivity index (χ0v) is 15.0. The van der Waals surface area contributed by atoms with Crippen LogP contribution in [-0.4, -0.2) is 75.5 Å². The quantitative estimate of drug-likeness (QED) is 0.230. The van der Waals surface area contributed by atoms with Crippen LogP contribution in [0.5, 0.6) is 0 Å². The number of aliphatic hydroxyl groups excluding tert-OH is 1. The number of carbonyl (C=O) groups excluding carboxylic acids is 3. The third kappa shape index (κ3) is 3.91. The molecule has 0 aromatic carbocycles. The van der Waals surface area contributed by atoms with E-state index in [9.17, 15) is 19.5 Å². The molecule has 0 aliphatic carbocycles. The molecule has 9 nitrogen and oxygen atoms in total. The van der Waals surface area contributed by atoms with Gasteiger partial charge in [0.25, 0.3) is 11.8 Å². The highest BCUT2D eigenvalue weighted by Gasteiger charge is 2.47. The van der Waals surface area contributed by atoms with E-state index in [1.807, 2.05) is 11.8 Å². The number of nitrogens with one attached hydrogen (secondary N) is 2. The van der Waals surface area contributed by atoms with E-state index in [0.717, 1.165) is 5.75 Å². The standard InChI is InChI=1S/C15H24N4O5S/c1-2-18-13-9(17-15(18)23)8-25-14(13)16-7-3-4-12(22)24-19-10(20)5-6-11(19)21/h9,12-14,16,22H,2-8H2,1H3,(H,17,23)/t9-,12?,13?,14+/m0/s1. The van der Waals surface area contributed by atoms with Crippen molar-refractivity contribution < 1.29 is 24.3 Å². The minimum absolute atomic E-state index is 0.00614. The highest BCUT2D eigenvalue weighted by atomic mass is 32.2. The molecule has 3 aliphatic rings. The largest absolute Gasteiger partial charge is 0.366 e. The van der Waals surface area contributed by atoms with Crippen molar-refractivity contribution in [1.82, 2.24) is 20.6 Å². The molecule has 3 fully saturated rings. The van der Waals surface area contributed by atoms with E-state index in [1.165, 1.54) is 0 Å². The Hall–Kier alpha value is -1.36. The van der Waals surface area contributed by atoms with Crippen molar-refractivity contribution >= 4 is 29.6 Å². The van der Waals surface area contributed by atoms with Crippen LogP contribution in [0.4, 0.5) is 4.79 Å². The lowest BCUT2D eigenvalue weighted by molar-refractivity contribution is -0.245. The number of rotatable bonds is 8. The lowest BCUT2D eigenvalue weighted by atomic mass is 10.1. The second-order valence-corrected chi connectivity index (χ2v) is 7.50. The maximum Gasteiger partial charge on any atom is 0.318 e. The van der Waals surface area contributed by atoms with Gasteiger partial charge in [0, 0.05) is 31.6 Å². The van der Waals surface area contributed by atoms with Crippen molar-refractivity contribution in [1.29, 1.82) is 0 Å². The van der Waals surface area contributed by atoms with E-state index in [-0.39, 0.29) is 36.3 Å². The third-order valence-electron chi connectivity index (χ3n) is 4.65. The molecule has 4 atom stereocenters. The third-order valence-corrected chi connectivity index (χ3v) is 6.01. The molecular formula is C15H24N4O5S. The van der Waals surface area contributed by atoms with Gasteiger partial charge in [-0.1, -0.05) is 0 Å². The normalized spacial score (nSPS) is 30.2. The minimum Gasteiger partial charge on any atom is -0.366 e. The number of amides is 4. The van der Waals surface area contributed by atoms with Crippen LogP contribution >= 0.6 is 11.8 Å². The fourth-order valence-electron chi connectivity index (χ4n) is 3.40. The van der Waals surface area contributed by atoms with Crippen molar-refractivity contribution in [2.45, 2.75) is 56.4 Å². The van der Waals surface area contributed by atoms with Gasteiger partial charge < -0.3 is 20.6 Å². The molecule has 3 rings (SSSR count). The summed E-state index contributed by atoms with van der Waals surface area (Å²) in [5.41, 5.74) is 0. The smallest absolute Gasteiger partial charge is 0.318 e. The molecule has 0 bridgehead atoms. The Morgan fingerprint density at radius 2 is 2.08 bits per heavy atom. The molecule has 0 spiro atoms. The van der Waals surface area contributed by atoms with Gasteiger partial charge in [0.1, 0.15) is 0 Å². The summed E-state index contributed by atoms with van der Waals surface area (Å²) < 4.78 is 0. The molecule has 3 heterocycles. The number of imide groups is 1. The van der Waals surface area contributed by atoms with Crippen molar-refractivity contribution in [3.05, 3.63) is 0 Å². The maximum atomic E-state index is 11.9. The van der Waals surface area contributed by atoms with E-state index < -0.39 is 18.1 Å². The van der Waals surface area contributed by atoms with Crippen LogP contribution in [0.3, 0.4) is 0 Å². The van der Waals surface area contributed by atoms with Gasteiger partial charge in [0.05, 0.1) is 17.5 Å². The van der Waals surface area contributed by atoms with E-state index in [2.05, 4.69) is 10.6 Å². The van der Waals surface area contributed by atoms with Gasteiger partial charge in [-0.05, 0) is 19.9 Å². The zero-order chi connectivity index (χ0) is 18.0. The van der Waals surface area contributed by atoms with Gasteiger partial charge in [-0.25, -0.2) is 9.63 Å². The second kappa shape index (κ2) is 7.90. The first-order valence-electron chi connectivity index (χ1n) is 8.64. The van der Waals surface area contributed by atoms with E-state index >= 15 is 0 Å². The monoisotopic (exact) mass is 372 g/mol. The molecule has 140 valence electrons. The fraction of sp³-hybridized carbons (Fsp3) is 0.800. The number of hydrogen-bond acceptors (Lipinski definition) is 7. The number of likely N-dealkylation sites (N-methyl/N-ethyl adjacent to an activating group) is 1. The van der Waals surface area contributed by atoms with Gasteiger partial charge in [0.15, 0.2) is 6.29 Å². The average molecular weight is 372 g/mol. The van der Waals surface area contributed by atoms with Crippen LogP contribution in [0.2, 0.25) is 0 Å². The van der Waals surface area contributed by atoms with Crippen LogP contribution < -0.4 is 10.6 Å². The first-order chi connectivity index (χ1) is 12.0. The van der Waals surface area contributed by atoms with Crippen LogP contribution in [-0.2, 0) is 14.4 Å². The topological polar surface area (TPSA) is 111 Å². The highest BCUT2D eigenvalue weighted by molar-refractivity contribution is 8.00. The number of urea groups is 1. The lowest BCUT2D eigenvalue weighted by Crippen LogP contribution is -2.47. The van der Waals surface area contributed by atoms with Crippen LogP contribution in [0, 0.1) is 0 Å². The average Bonchev–Trinajstić information content (AvgIpc) is 3.21. The molecule has 10 heteroatoms. The number of thioether (sulfide) groups is 1. The van der Waals surface area contributed by atoms with Gasteiger partial charge in [-0.2, -0.15) is 5.06 Å². The van der Waals surface area contributed by atoms with Gasteiger partial charge in [-0.15, -0.1) is 11.8 Å². The molecule has 4 amide bonds. The van der Waals surface area contributed by atoms with E-state index in [1.54, 1.807) is 11.8 Å². The van der Waals surface area contributed by atoms with Crippen molar-refractivity contribution in [2.75, 3.05) is 18.8 Å². The molecule has 25 heavy (non-hydrogen) atoms.